The molecule has 0 saturated heterocycles. The number of hydrogen-bond donors (Lipinski definition) is 0. The third-order valence-electron chi connectivity index (χ3n) is 3.08. The van der Waals surface area contributed by atoms with Crippen LogP contribution in [0.25, 0.3) is 6.08 Å². The molecule has 0 aliphatic rings. The molecule has 0 aliphatic carbocycles. The van der Waals surface area contributed by atoms with Gasteiger partial charge in [0.15, 0.2) is 0 Å². The summed E-state index contributed by atoms with van der Waals surface area (Å²) in [5.74, 6) is 0.180. The molecule has 0 fully saturated rings. The highest BCUT2D eigenvalue weighted by Gasteiger charge is 2.07. The SMILES string of the molecule is CC(C)Cc1cnc(C(=O)/C=C/c2cccc([N+](=O)[O-])c2)cn1. The van der Waals surface area contributed by atoms with Crippen molar-refractivity contribution in [3.63, 3.8) is 0 Å². The molecular formula is C17H17N3O3. The topological polar surface area (TPSA) is 86.0 Å². The summed E-state index contributed by atoms with van der Waals surface area (Å²) < 4.78 is 0. The Labute approximate surface area is 134 Å². The number of ketones is 1. The number of carbonyl (C=O) groups excluding carboxylic acids is 1. The Balaban J connectivity index is 2.09. The Kier molecular flexibility index (Phi) is 5.30. The summed E-state index contributed by atoms with van der Waals surface area (Å²) in [7, 11) is 0. The van der Waals surface area contributed by atoms with Crippen LogP contribution in [0, 0.1) is 16.0 Å². The van der Waals surface area contributed by atoms with Crippen molar-refractivity contribution in [2.24, 2.45) is 5.92 Å². The fraction of sp³-hybridized carbons (Fsp3) is 0.235. The van der Waals surface area contributed by atoms with E-state index in [0.29, 0.717) is 11.5 Å². The molecule has 0 saturated carbocycles. The number of nitro groups is 1. The largest absolute Gasteiger partial charge is 0.287 e. The summed E-state index contributed by atoms with van der Waals surface area (Å²) in [6.07, 6.45) is 6.74. The van der Waals surface area contributed by atoms with Gasteiger partial charge >= 0.3 is 0 Å². The van der Waals surface area contributed by atoms with Crippen molar-refractivity contribution in [1.29, 1.82) is 0 Å². The molecular weight excluding hydrogens is 294 g/mol. The normalized spacial score (nSPS) is 11.1. The second kappa shape index (κ2) is 7.40. The fourth-order valence-electron chi connectivity index (χ4n) is 2.01. The predicted molar refractivity (Wildman–Crippen MR) is 87.0 cm³/mol. The molecule has 23 heavy (non-hydrogen) atoms. The van der Waals surface area contributed by atoms with Gasteiger partial charge in [0.1, 0.15) is 5.69 Å². The molecule has 2 rings (SSSR count). The minimum absolute atomic E-state index is 0.0163. The third kappa shape index (κ3) is 4.81. The van der Waals surface area contributed by atoms with E-state index >= 15 is 0 Å². The molecule has 1 aromatic heterocycles. The summed E-state index contributed by atoms with van der Waals surface area (Å²) in [4.78, 5) is 30.6. The Hall–Kier alpha value is -2.89. The van der Waals surface area contributed by atoms with Crippen molar-refractivity contribution < 1.29 is 9.72 Å². The van der Waals surface area contributed by atoms with E-state index in [2.05, 4.69) is 23.8 Å². The zero-order chi connectivity index (χ0) is 16.8. The van der Waals surface area contributed by atoms with Crippen LogP contribution < -0.4 is 0 Å². The van der Waals surface area contributed by atoms with Crippen LogP contribution in [0.2, 0.25) is 0 Å². The molecule has 0 spiro atoms. The molecule has 6 heteroatoms. The molecule has 118 valence electrons. The quantitative estimate of drug-likeness (QED) is 0.353. The van der Waals surface area contributed by atoms with Crippen molar-refractivity contribution in [3.05, 3.63) is 69.8 Å². The molecule has 0 unspecified atom stereocenters. The van der Waals surface area contributed by atoms with E-state index in [1.54, 1.807) is 18.3 Å². The molecule has 0 atom stereocenters. The maximum Gasteiger partial charge on any atom is 0.270 e. The second-order valence-electron chi connectivity index (χ2n) is 5.54. The van der Waals surface area contributed by atoms with Gasteiger partial charge in [0.05, 0.1) is 16.8 Å². The third-order valence-corrected chi connectivity index (χ3v) is 3.08. The van der Waals surface area contributed by atoms with Crippen molar-refractivity contribution in [2.75, 3.05) is 0 Å². The zero-order valence-electron chi connectivity index (χ0n) is 13.0. The lowest BCUT2D eigenvalue weighted by Crippen LogP contribution is -2.03. The number of nitro benzene ring substituents is 1. The minimum Gasteiger partial charge on any atom is -0.287 e. The lowest BCUT2D eigenvalue weighted by atomic mass is 10.1. The van der Waals surface area contributed by atoms with Crippen molar-refractivity contribution in [1.82, 2.24) is 9.97 Å². The second-order valence-corrected chi connectivity index (χ2v) is 5.54. The Morgan fingerprint density at radius 2 is 2.09 bits per heavy atom. The Morgan fingerprint density at radius 3 is 2.70 bits per heavy atom. The molecule has 2 aromatic rings. The zero-order valence-corrected chi connectivity index (χ0v) is 13.0. The predicted octanol–water partition coefficient (Wildman–Crippen LogP) is 3.48. The van der Waals surface area contributed by atoms with Crippen molar-refractivity contribution >= 4 is 17.5 Å². The maximum absolute atomic E-state index is 12.0. The number of rotatable bonds is 6. The van der Waals surface area contributed by atoms with E-state index in [-0.39, 0.29) is 17.2 Å². The van der Waals surface area contributed by atoms with Crippen LogP contribution in [0.1, 0.15) is 35.6 Å². The first-order chi connectivity index (χ1) is 11.0. The van der Waals surface area contributed by atoms with Gasteiger partial charge in [0.2, 0.25) is 5.78 Å². The average molecular weight is 311 g/mol. The number of carbonyl (C=O) groups is 1. The van der Waals surface area contributed by atoms with Crippen LogP contribution in [-0.2, 0) is 6.42 Å². The van der Waals surface area contributed by atoms with E-state index in [0.717, 1.165) is 12.1 Å². The van der Waals surface area contributed by atoms with Crippen molar-refractivity contribution in [3.8, 4) is 0 Å². The van der Waals surface area contributed by atoms with Gasteiger partial charge in [0, 0.05) is 18.3 Å². The Bertz CT molecular complexity index is 737. The lowest BCUT2D eigenvalue weighted by molar-refractivity contribution is -0.384. The van der Waals surface area contributed by atoms with E-state index in [1.165, 1.54) is 30.5 Å². The highest BCUT2D eigenvalue weighted by atomic mass is 16.6. The number of benzene rings is 1. The molecule has 1 aromatic carbocycles. The van der Waals surface area contributed by atoms with Crippen molar-refractivity contribution in [2.45, 2.75) is 20.3 Å². The Morgan fingerprint density at radius 1 is 1.30 bits per heavy atom. The molecule has 1 heterocycles. The summed E-state index contributed by atoms with van der Waals surface area (Å²) in [6, 6.07) is 6.07. The van der Waals surface area contributed by atoms with Crippen LogP contribution in [0.15, 0.2) is 42.7 Å². The first kappa shape index (κ1) is 16.5. The van der Waals surface area contributed by atoms with Gasteiger partial charge in [-0.3, -0.25) is 19.9 Å². The standard InChI is InChI=1S/C17H17N3O3/c1-12(2)8-14-10-19-16(11-18-14)17(21)7-6-13-4-3-5-15(9-13)20(22)23/h3-7,9-12H,8H2,1-2H3/b7-6+. The molecule has 0 amide bonds. The van der Waals surface area contributed by atoms with Gasteiger partial charge in [-0.15, -0.1) is 0 Å². The first-order valence-corrected chi connectivity index (χ1v) is 7.23. The first-order valence-electron chi connectivity index (χ1n) is 7.23. The van der Waals surface area contributed by atoms with Crippen LogP contribution in [0.3, 0.4) is 0 Å². The van der Waals surface area contributed by atoms with Crippen LogP contribution >= 0.6 is 0 Å². The number of aromatic nitrogens is 2. The number of hydrogen-bond acceptors (Lipinski definition) is 5. The number of non-ortho nitro benzene ring substituents is 1. The van der Waals surface area contributed by atoms with Gasteiger partial charge in [-0.05, 0) is 24.0 Å². The summed E-state index contributed by atoms with van der Waals surface area (Å²) >= 11 is 0. The molecule has 0 radical (unpaired) electrons. The highest BCUT2D eigenvalue weighted by Crippen LogP contribution is 2.14. The van der Waals surface area contributed by atoms with E-state index in [4.69, 9.17) is 0 Å². The summed E-state index contributed by atoms with van der Waals surface area (Å²) in [5, 5.41) is 10.7. The smallest absolute Gasteiger partial charge is 0.270 e. The minimum atomic E-state index is -0.474. The molecule has 0 aliphatic heterocycles. The number of allylic oxidation sites excluding steroid dienone is 1. The van der Waals surface area contributed by atoms with Gasteiger partial charge < -0.3 is 0 Å². The summed E-state index contributed by atoms with van der Waals surface area (Å²) in [6.45, 7) is 4.17. The van der Waals surface area contributed by atoms with Gasteiger partial charge in [-0.1, -0.05) is 32.1 Å². The maximum atomic E-state index is 12.0. The highest BCUT2D eigenvalue weighted by molar-refractivity contribution is 6.05. The van der Waals surface area contributed by atoms with E-state index < -0.39 is 4.92 Å². The van der Waals surface area contributed by atoms with Gasteiger partial charge in [0.25, 0.3) is 5.69 Å². The van der Waals surface area contributed by atoms with Crippen LogP contribution in [0.5, 0.6) is 0 Å². The summed E-state index contributed by atoms with van der Waals surface area (Å²) in [5.41, 5.74) is 1.66. The van der Waals surface area contributed by atoms with Crippen LogP contribution in [-0.4, -0.2) is 20.7 Å². The number of nitrogens with zero attached hydrogens (tertiary/aromatic N) is 3. The lowest BCUT2D eigenvalue weighted by Gasteiger charge is -2.03. The molecule has 0 N–H and O–H groups in total. The van der Waals surface area contributed by atoms with E-state index in [9.17, 15) is 14.9 Å². The fourth-order valence-corrected chi connectivity index (χ4v) is 2.01. The van der Waals surface area contributed by atoms with Gasteiger partial charge in [-0.2, -0.15) is 0 Å². The van der Waals surface area contributed by atoms with E-state index in [1.807, 2.05) is 0 Å². The molecule has 0 bridgehead atoms. The molecule has 6 nitrogen and oxygen atoms in total. The van der Waals surface area contributed by atoms with Gasteiger partial charge in [-0.25, -0.2) is 4.98 Å². The van der Waals surface area contributed by atoms with Crippen LogP contribution in [0.4, 0.5) is 5.69 Å². The monoisotopic (exact) mass is 311 g/mol. The average Bonchev–Trinajstić information content (AvgIpc) is 2.53.